The lowest BCUT2D eigenvalue weighted by atomic mass is 10.1. The van der Waals surface area contributed by atoms with E-state index in [9.17, 15) is 0 Å². The topological polar surface area (TPSA) is 52.5 Å². The molecule has 0 bridgehead atoms. The summed E-state index contributed by atoms with van der Waals surface area (Å²) in [5.41, 5.74) is 8.62. The predicted molar refractivity (Wildman–Crippen MR) is 83.6 cm³/mol. The number of pyridine rings is 1. The van der Waals surface area contributed by atoms with E-state index in [-0.39, 0.29) is 6.04 Å². The third kappa shape index (κ3) is 3.01. The first-order chi connectivity index (χ1) is 10.1. The van der Waals surface area contributed by atoms with E-state index in [4.69, 9.17) is 22.1 Å². The van der Waals surface area contributed by atoms with Crippen molar-refractivity contribution in [2.75, 3.05) is 0 Å². The van der Waals surface area contributed by atoms with Crippen molar-refractivity contribution in [3.63, 3.8) is 0 Å². The van der Waals surface area contributed by atoms with Gasteiger partial charge in [0.05, 0.1) is 5.69 Å². The summed E-state index contributed by atoms with van der Waals surface area (Å²) in [5, 5.41) is 0.655. The number of hydrogen-bond donors (Lipinski definition) is 1. The Morgan fingerprint density at radius 2 is 2.19 bits per heavy atom. The lowest BCUT2D eigenvalue weighted by Gasteiger charge is -2.13. The molecule has 0 aliphatic rings. The lowest BCUT2D eigenvalue weighted by molar-refractivity contribution is 0.297. The first-order valence-corrected chi connectivity index (χ1v) is 7.12. The summed E-state index contributed by atoms with van der Waals surface area (Å²) >= 11 is 6.00. The highest BCUT2D eigenvalue weighted by molar-refractivity contribution is 6.30. The Kier molecular flexibility index (Phi) is 3.82. The fourth-order valence-electron chi connectivity index (χ4n) is 2.22. The van der Waals surface area contributed by atoms with Crippen molar-refractivity contribution in [3.05, 3.63) is 65.1 Å². The van der Waals surface area contributed by atoms with Gasteiger partial charge in [0.15, 0.2) is 0 Å². The molecule has 0 amide bonds. The maximum absolute atomic E-state index is 6.00. The molecule has 0 aliphatic heterocycles. The van der Waals surface area contributed by atoms with Gasteiger partial charge in [-0.2, -0.15) is 0 Å². The molecule has 2 heterocycles. The molecule has 0 fully saturated rings. The molecule has 2 N–H and O–H groups in total. The van der Waals surface area contributed by atoms with Crippen molar-refractivity contribution in [2.24, 2.45) is 5.73 Å². The first kappa shape index (κ1) is 13.9. The van der Waals surface area contributed by atoms with Crippen molar-refractivity contribution in [1.82, 2.24) is 9.38 Å². The van der Waals surface area contributed by atoms with Crippen LogP contribution in [0.5, 0.6) is 5.75 Å². The minimum Gasteiger partial charge on any atom is -0.487 e. The number of aromatic nitrogens is 2. The van der Waals surface area contributed by atoms with Gasteiger partial charge in [0.1, 0.15) is 18.0 Å². The zero-order valence-electron chi connectivity index (χ0n) is 11.7. The molecule has 2 aromatic heterocycles. The van der Waals surface area contributed by atoms with Gasteiger partial charge in [0, 0.05) is 29.0 Å². The molecule has 1 aromatic carbocycles. The van der Waals surface area contributed by atoms with E-state index >= 15 is 0 Å². The van der Waals surface area contributed by atoms with Crippen molar-refractivity contribution in [3.8, 4) is 5.75 Å². The minimum absolute atomic E-state index is 0.139. The van der Waals surface area contributed by atoms with E-state index in [0.29, 0.717) is 11.6 Å². The highest BCUT2D eigenvalue weighted by Gasteiger charge is 2.10. The second kappa shape index (κ2) is 5.76. The van der Waals surface area contributed by atoms with Gasteiger partial charge in [-0.1, -0.05) is 17.7 Å². The third-order valence-corrected chi connectivity index (χ3v) is 3.49. The summed E-state index contributed by atoms with van der Waals surface area (Å²) in [6.45, 7) is 2.30. The maximum atomic E-state index is 6.00. The van der Waals surface area contributed by atoms with Crippen LogP contribution in [0.3, 0.4) is 0 Å². The van der Waals surface area contributed by atoms with Crippen LogP contribution < -0.4 is 10.5 Å². The Morgan fingerprint density at radius 3 is 2.95 bits per heavy atom. The minimum atomic E-state index is -0.139. The largest absolute Gasteiger partial charge is 0.487 e. The normalized spacial score (nSPS) is 12.5. The van der Waals surface area contributed by atoms with Crippen LogP contribution in [-0.4, -0.2) is 9.38 Å². The molecular formula is C16H16ClN3O. The van der Waals surface area contributed by atoms with Gasteiger partial charge in [0.2, 0.25) is 0 Å². The molecule has 21 heavy (non-hydrogen) atoms. The van der Waals surface area contributed by atoms with E-state index in [2.05, 4.69) is 4.98 Å². The molecule has 0 unspecified atom stereocenters. The fraction of sp³-hybridized carbons (Fsp3) is 0.188. The predicted octanol–water partition coefficient (Wildman–Crippen LogP) is 3.59. The number of halogens is 1. The van der Waals surface area contributed by atoms with Crippen molar-refractivity contribution in [2.45, 2.75) is 19.6 Å². The highest BCUT2D eigenvalue weighted by Crippen LogP contribution is 2.27. The summed E-state index contributed by atoms with van der Waals surface area (Å²) in [7, 11) is 0. The summed E-state index contributed by atoms with van der Waals surface area (Å²) in [6, 6.07) is 11.2. The van der Waals surface area contributed by atoms with Crippen molar-refractivity contribution < 1.29 is 4.74 Å². The number of ether oxygens (including phenoxy) is 1. The molecule has 0 spiro atoms. The highest BCUT2D eigenvalue weighted by atomic mass is 35.5. The molecule has 0 saturated heterocycles. The van der Waals surface area contributed by atoms with Crippen LogP contribution in [0, 0.1) is 0 Å². The van der Waals surface area contributed by atoms with E-state index in [1.165, 1.54) is 0 Å². The van der Waals surface area contributed by atoms with Gasteiger partial charge < -0.3 is 14.9 Å². The Morgan fingerprint density at radius 1 is 1.33 bits per heavy atom. The van der Waals surface area contributed by atoms with Crippen molar-refractivity contribution >= 4 is 17.2 Å². The SMILES string of the molecule is C[C@@H](N)c1cc(Cl)ccc1OCc1cn2ccccc2n1. The number of benzene rings is 1. The number of rotatable bonds is 4. The van der Waals surface area contributed by atoms with Crippen LogP contribution in [0.15, 0.2) is 48.8 Å². The Balaban J connectivity index is 1.81. The smallest absolute Gasteiger partial charge is 0.137 e. The number of imidazole rings is 1. The summed E-state index contributed by atoms with van der Waals surface area (Å²) in [5.74, 6) is 0.742. The van der Waals surface area contributed by atoms with Crippen LogP contribution in [0.1, 0.15) is 24.2 Å². The molecule has 108 valence electrons. The number of nitrogens with zero attached hydrogens (tertiary/aromatic N) is 2. The van der Waals surface area contributed by atoms with Crippen LogP contribution >= 0.6 is 11.6 Å². The quantitative estimate of drug-likeness (QED) is 0.801. The zero-order valence-corrected chi connectivity index (χ0v) is 12.4. The van der Waals surface area contributed by atoms with Gasteiger partial charge >= 0.3 is 0 Å². The third-order valence-electron chi connectivity index (χ3n) is 3.25. The van der Waals surface area contributed by atoms with E-state index in [0.717, 1.165) is 22.7 Å². The van der Waals surface area contributed by atoms with E-state index in [1.807, 2.05) is 54.0 Å². The van der Waals surface area contributed by atoms with Crippen LogP contribution in [-0.2, 0) is 6.61 Å². The van der Waals surface area contributed by atoms with Gasteiger partial charge in [-0.3, -0.25) is 0 Å². The Bertz CT molecular complexity index is 734. The summed E-state index contributed by atoms with van der Waals surface area (Å²) < 4.78 is 7.82. The number of fused-ring (bicyclic) bond motifs is 1. The Hall–Kier alpha value is -2.04. The molecule has 3 aromatic rings. The van der Waals surface area contributed by atoms with Crippen LogP contribution in [0.4, 0.5) is 0 Å². The standard InChI is InChI=1S/C16H16ClN3O/c1-11(18)14-8-12(17)5-6-15(14)21-10-13-9-20-7-3-2-4-16(20)19-13/h2-9,11H,10,18H2,1H3/t11-/m1/s1. The molecule has 0 saturated carbocycles. The molecule has 4 nitrogen and oxygen atoms in total. The molecule has 0 radical (unpaired) electrons. The molecule has 1 atom stereocenters. The molecule has 0 aliphatic carbocycles. The van der Waals surface area contributed by atoms with Gasteiger partial charge in [-0.25, -0.2) is 4.98 Å². The van der Waals surface area contributed by atoms with Gasteiger partial charge in [0.25, 0.3) is 0 Å². The molecular weight excluding hydrogens is 286 g/mol. The summed E-state index contributed by atoms with van der Waals surface area (Å²) in [6.07, 6.45) is 3.91. The summed E-state index contributed by atoms with van der Waals surface area (Å²) in [4.78, 5) is 4.50. The van der Waals surface area contributed by atoms with Gasteiger partial charge in [-0.05, 0) is 37.3 Å². The average Bonchev–Trinajstić information content (AvgIpc) is 2.88. The van der Waals surface area contributed by atoms with E-state index < -0.39 is 0 Å². The van der Waals surface area contributed by atoms with Gasteiger partial charge in [-0.15, -0.1) is 0 Å². The van der Waals surface area contributed by atoms with Crippen molar-refractivity contribution in [1.29, 1.82) is 0 Å². The average molecular weight is 302 g/mol. The zero-order chi connectivity index (χ0) is 14.8. The van der Waals surface area contributed by atoms with E-state index in [1.54, 1.807) is 6.07 Å². The molecule has 5 heteroatoms. The monoisotopic (exact) mass is 301 g/mol. The first-order valence-electron chi connectivity index (χ1n) is 6.74. The second-order valence-electron chi connectivity index (χ2n) is 4.96. The fourth-order valence-corrected chi connectivity index (χ4v) is 2.40. The maximum Gasteiger partial charge on any atom is 0.137 e. The second-order valence-corrected chi connectivity index (χ2v) is 5.39. The van der Waals surface area contributed by atoms with Crippen LogP contribution in [0.25, 0.3) is 5.65 Å². The number of nitrogens with two attached hydrogens (primary N) is 1. The Labute approximate surface area is 128 Å². The number of hydrogen-bond acceptors (Lipinski definition) is 3. The molecule has 3 rings (SSSR count). The lowest BCUT2D eigenvalue weighted by Crippen LogP contribution is -2.08. The van der Waals surface area contributed by atoms with Crippen LogP contribution in [0.2, 0.25) is 5.02 Å².